The van der Waals surface area contributed by atoms with Crippen LogP contribution in [0.4, 0.5) is 14.5 Å². The van der Waals surface area contributed by atoms with Gasteiger partial charge in [-0.15, -0.1) is 0 Å². The Labute approximate surface area is 215 Å². The standard InChI is InChI=1S/C28H35F2N3O4/c1-37-22-2-3-24-23(15-22)27(18(17-34)16-33-24)25(35)4-6-28(7-10-31-11-8-28)26(36)5-9-32-21-13-19(29)12-20(30)14-21/h2-3,12-16,25-26,31-32,34-36H,4-11,17H2,1H3/t25-,26+/m1/s1. The minimum absolute atomic E-state index is 0.253. The predicted octanol–water partition coefficient (Wildman–Crippen LogP) is 4.06. The molecular formula is C28H35F2N3O4. The second-order valence-corrected chi connectivity index (χ2v) is 9.79. The molecule has 1 aliphatic heterocycles. The van der Waals surface area contributed by atoms with E-state index in [9.17, 15) is 24.1 Å². The van der Waals surface area contributed by atoms with Crippen molar-refractivity contribution in [2.45, 2.75) is 50.9 Å². The summed E-state index contributed by atoms with van der Waals surface area (Å²) in [5.41, 5.74) is 1.79. The fourth-order valence-electron chi connectivity index (χ4n) is 5.44. The average molecular weight is 516 g/mol. The van der Waals surface area contributed by atoms with Crippen LogP contribution in [0.5, 0.6) is 5.75 Å². The molecule has 0 bridgehead atoms. The van der Waals surface area contributed by atoms with Crippen LogP contribution < -0.4 is 15.4 Å². The van der Waals surface area contributed by atoms with Crippen molar-refractivity contribution in [1.82, 2.24) is 10.3 Å². The molecule has 0 aliphatic carbocycles. The lowest BCUT2D eigenvalue weighted by molar-refractivity contribution is -0.0180. The number of aliphatic hydroxyl groups excluding tert-OH is 3. The first-order chi connectivity index (χ1) is 17.8. The Hall–Kier alpha value is -2.85. The maximum atomic E-state index is 13.5. The van der Waals surface area contributed by atoms with E-state index in [0.29, 0.717) is 53.9 Å². The fourth-order valence-corrected chi connectivity index (χ4v) is 5.44. The molecule has 0 saturated carbocycles. The Morgan fingerprint density at radius 3 is 2.49 bits per heavy atom. The average Bonchev–Trinajstić information content (AvgIpc) is 2.90. The normalized spacial score (nSPS) is 16.9. The lowest BCUT2D eigenvalue weighted by atomic mass is 9.69. The number of nitrogens with one attached hydrogen (secondary N) is 2. The summed E-state index contributed by atoms with van der Waals surface area (Å²) in [6.45, 7) is 1.61. The van der Waals surface area contributed by atoms with E-state index in [1.165, 1.54) is 12.1 Å². The van der Waals surface area contributed by atoms with Crippen molar-refractivity contribution in [3.63, 3.8) is 0 Å². The Bertz CT molecular complexity index is 1180. The van der Waals surface area contributed by atoms with Gasteiger partial charge in [-0.05, 0) is 86.5 Å². The first kappa shape index (κ1) is 27.2. The Morgan fingerprint density at radius 1 is 1.08 bits per heavy atom. The summed E-state index contributed by atoms with van der Waals surface area (Å²) in [6.07, 6.45) is 2.90. The summed E-state index contributed by atoms with van der Waals surface area (Å²) in [5, 5.41) is 39.6. The largest absolute Gasteiger partial charge is 0.497 e. The Kier molecular flexibility index (Phi) is 8.91. The number of benzene rings is 2. The molecule has 0 radical (unpaired) electrons. The molecule has 7 nitrogen and oxygen atoms in total. The van der Waals surface area contributed by atoms with Crippen LogP contribution >= 0.6 is 0 Å². The van der Waals surface area contributed by atoms with Gasteiger partial charge >= 0.3 is 0 Å². The summed E-state index contributed by atoms with van der Waals surface area (Å²) in [4.78, 5) is 4.40. The molecule has 200 valence electrons. The molecule has 2 atom stereocenters. The zero-order chi connectivity index (χ0) is 26.4. The predicted molar refractivity (Wildman–Crippen MR) is 138 cm³/mol. The Balaban J connectivity index is 1.48. The second-order valence-electron chi connectivity index (χ2n) is 9.79. The lowest BCUT2D eigenvalue weighted by Crippen LogP contribution is -2.45. The summed E-state index contributed by atoms with van der Waals surface area (Å²) in [6, 6.07) is 8.70. The summed E-state index contributed by atoms with van der Waals surface area (Å²) >= 11 is 0. The van der Waals surface area contributed by atoms with Crippen molar-refractivity contribution >= 4 is 16.6 Å². The molecule has 0 spiro atoms. The first-order valence-electron chi connectivity index (χ1n) is 12.7. The van der Waals surface area contributed by atoms with E-state index in [1.807, 2.05) is 12.1 Å². The van der Waals surface area contributed by atoms with Crippen LogP contribution in [-0.4, -0.2) is 53.2 Å². The van der Waals surface area contributed by atoms with Crippen molar-refractivity contribution in [2.75, 3.05) is 32.1 Å². The first-order valence-corrected chi connectivity index (χ1v) is 12.7. The van der Waals surface area contributed by atoms with E-state index in [4.69, 9.17) is 4.74 Å². The number of pyridine rings is 1. The highest BCUT2D eigenvalue weighted by molar-refractivity contribution is 5.85. The van der Waals surface area contributed by atoms with Gasteiger partial charge in [-0.25, -0.2) is 8.78 Å². The third-order valence-electron chi connectivity index (χ3n) is 7.53. The fraction of sp³-hybridized carbons (Fsp3) is 0.464. The summed E-state index contributed by atoms with van der Waals surface area (Å²) in [5.74, 6) is -0.681. The minimum atomic E-state index is -0.868. The molecule has 1 aliphatic rings. The number of nitrogens with zero attached hydrogens (tertiary/aromatic N) is 1. The van der Waals surface area contributed by atoms with E-state index in [0.717, 1.165) is 37.4 Å². The highest BCUT2D eigenvalue weighted by atomic mass is 19.1. The van der Waals surface area contributed by atoms with Gasteiger partial charge in [0.25, 0.3) is 0 Å². The molecule has 2 heterocycles. The third kappa shape index (κ3) is 6.35. The van der Waals surface area contributed by atoms with E-state index in [2.05, 4.69) is 15.6 Å². The van der Waals surface area contributed by atoms with Gasteiger partial charge in [0.1, 0.15) is 17.4 Å². The highest BCUT2D eigenvalue weighted by Crippen LogP contribution is 2.42. The molecular weight excluding hydrogens is 480 g/mol. The zero-order valence-electron chi connectivity index (χ0n) is 21.0. The number of ether oxygens (including phenoxy) is 1. The lowest BCUT2D eigenvalue weighted by Gasteiger charge is -2.42. The number of piperidine rings is 1. The van der Waals surface area contributed by atoms with Gasteiger partial charge in [-0.2, -0.15) is 0 Å². The summed E-state index contributed by atoms with van der Waals surface area (Å²) < 4.78 is 32.3. The topological polar surface area (TPSA) is 107 Å². The number of anilines is 1. The van der Waals surface area contributed by atoms with Crippen molar-refractivity contribution in [3.8, 4) is 5.75 Å². The molecule has 1 aromatic heterocycles. The smallest absolute Gasteiger partial charge is 0.128 e. The van der Waals surface area contributed by atoms with Gasteiger partial charge in [0, 0.05) is 35.4 Å². The highest BCUT2D eigenvalue weighted by Gasteiger charge is 2.39. The number of hydrogen-bond donors (Lipinski definition) is 5. The number of methoxy groups -OCH3 is 1. The second kappa shape index (κ2) is 12.1. The van der Waals surface area contributed by atoms with Crippen molar-refractivity contribution < 1.29 is 28.8 Å². The minimum Gasteiger partial charge on any atom is -0.497 e. The van der Waals surface area contributed by atoms with Gasteiger partial charge < -0.3 is 30.7 Å². The molecule has 1 saturated heterocycles. The molecule has 3 aromatic rings. The van der Waals surface area contributed by atoms with E-state index in [-0.39, 0.29) is 6.61 Å². The molecule has 4 rings (SSSR count). The SMILES string of the molecule is COc1ccc2ncc(CO)c([C@H](O)CCC3([C@@H](O)CCNc4cc(F)cc(F)c4)CCNCC3)c2c1. The molecule has 5 N–H and O–H groups in total. The van der Waals surface area contributed by atoms with E-state index >= 15 is 0 Å². The molecule has 0 amide bonds. The molecule has 1 fully saturated rings. The molecule has 37 heavy (non-hydrogen) atoms. The van der Waals surface area contributed by atoms with Gasteiger partial charge in [-0.3, -0.25) is 4.98 Å². The third-order valence-corrected chi connectivity index (χ3v) is 7.53. The van der Waals surface area contributed by atoms with Gasteiger partial charge in [0.05, 0.1) is 31.4 Å². The number of fused-ring (bicyclic) bond motifs is 1. The van der Waals surface area contributed by atoms with Gasteiger partial charge in [-0.1, -0.05) is 0 Å². The number of halogens is 2. The Morgan fingerprint density at radius 2 is 1.81 bits per heavy atom. The van der Waals surface area contributed by atoms with Crippen LogP contribution in [0.1, 0.15) is 49.3 Å². The number of rotatable bonds is 11. The van der Waals surface area contributed by atoms with Crippen LogP contribution in [0.2, 0.25) is 0 Å². The molecule has 2 aromatic carbocycles. The van der Waals surface area contributed by atoms with Crippen LogP contribution in [0.25, 0.3) is 10.9 Å². The number of hydrogen-bond acceptors (Lipinski definition) is 7. The maximum absolute atomic E-state index is 13.5. The zero-order valence-corrected chi connectivity index (χ0v) is 21.0. The van der Waals surface area contributed by atoms with Gasteiger partial charge in [0.15, 0.2) is 0 Å². The van der Waals surface area contributed by atoms with Crippen molar-refractivity contribution in [2.24, 2.45) is 5.41 Å². The van der Waals surface area contributed by atoms with Crippen LogP contribution in [0.3, 0.4) is 0 Å². The quantitative estimate of drug-likeness (QED) is 0.262. The van der Waals surface area contributed by atoms with E-state index in [1.54, 1.807) is 19.4 Å². The van der Waals surface area contributed by atoms with Crippen LogP contribution in [0.15, 0.2) is 42.6 Å². The monoisotopic (exact) mass is 515 g/mol. The molecule has 0 unspecified atom stereocenters. The van der Waals surface area contributed by atoms with Crippen molar-refractivity contribution in [3.05, 3.63) is 65.4 Å². The van der Waals surface area contributed by atoms with Gasteiger partial charge in [0.2, 0.25) is 0 Å². The molecule has 9 heteroatoms. The maximum Gasteiger partial charge on any atom is 0.128 e. The number of aliphatic hydroxyl groups is 3. The van der Waals surface area contributed by atoms with E-state index < -0.39 is 29.3 Å². The number of aromatic nitrogens is 1. The van der Waals surface area contributed by atoms with Crippen LogP contribution in [0, 0.1) is 17.0 Å². The van der Waals surface area contributed by atoms with Crippen molar-refractivity contribution in [1.29, 1.82) is 0 Å². The van der Waals surface area contributed by atoms with Crippen LogP contribution in [-0.2, 0) is 6.61 Å². The summed E-state index contributed by atoms with van der Waals surface area (Å²) in [7, 11) is 1.57.